The lowest BCUT2D eigenvalue weighted by molar-refractivity contribution is -0.139. The van der Waals surface area contributed by atoms with E-state index in [0.717, 1.165) is 6.07 Å². The van der Waals surface area contributed by atoms with Crippen molar-refractivity contribution < 1.29 is 28.1 Å². The lowest BCUT2D eigenvalue weighted by Gasteiger charge is -2.25. The minimum absolute atomic E-state index is 0.0606. The van der Waals surface area contributed by atoms with Crippen LogP contribution in [0.15, 0.2) is 12.1 Å². The maximum atomic E-state index is 12.6. The van der Waals surface area contributed by atoms with Crippen molar-refractivity contribution in [1.82, 2.24) is 5.32 Å². The van der Waals surface area contributed by atoms with Crippen LogP contribution in [0.3, 0.4) is 0 Å². The Morgan fingerprint density at radius 3 is 2.56 bits per heavy atom. The standard InChI is InChI=1S/C11H12F3NO3/c12-11(13,14)8-4-6(16)3-7(10(8)17)9-5-15-1-2-18-9/h3-4,9,15-17H,1-2,5H2. The second kappa shape index (κ2) is 4.66. The first-order valence-corrected chi connectivity index (χ1v) is 5.35. The third kappa shape index (κ3) is 2.51. The Hall–Kier alpha value is -1.47. The van der Waals surface area contributed by atoms with Crippen molar-refractivity contribution >= 4 is 0 Å². The molecule has 1 fully saturated rings. The van der Waals surface area contributed by atoms with Crippen molar-refractivity contribution in [3.8, 4) is 11.5 Å². The summed E-state index contributed by atoms with van der Waals surface area (Å²) in [4.78, 5) is 0. The zero-order valence-corrected chi connectivity index (χ0v) is 9.29. The number of phenolic OH excluding ortho intramolecular Hbond substituents is 2. The normalized spacial score (nSPS) is 20.9. The van der Waals surface area contributed by atoms with E-state index in [4.69, 9.17) is 4.74 Å². The number of nitrogens with one attached hydrogen (secondary N) is 1. The third-order valence-electron chi connectivity index (χ3n) is 2.70. The summed E-state index contributed by atoms with van der Waals surface area (Å²) in [7, 11) is 0. The molecule has 0 aromatic heterocycles. The number of benzene rings is 1. The summed E-state index contributed by atoms with van der Waals surface area (Å²) in [5.41, 5.74) is -1.32. The number of ether oxygens (including phenoxy) is 1. The molecule has 1 aromatic rings. The van der Waals surface area contributed by atoms with E-state index in [1.807, 2.05) is 0 Å². The minimum atomic E-state index is -4.72. The molecule has 1 aliphatic rings. The predicted octanol–water partition coefficient (Wildman–Crippen LogP) is 1.78. The first-order valence-electron chi connectivity index (χ1n) is 5.35. The van der Waals surface area contributed by atoms with Crippen molar-refractivity contribution in [1.29, 1.82) is 0 Å². The fourth-order valence-electron chi connectivity index (χ4n) is 1.87. The highest BCUT2D eigenvalue weighted by molar-refractivity contribution is 5.48. The van der Waals surface area contributed by atoms with Crippen LogP contribution in [-0.2, 0) is 10.9 Å². The van der Waals surface area contributed by atoms with Crippen LogP contribution in [0.4, 0.5) is 13.2 Å². The smallest absolute Gasteiger partial charge is 0.420 e. The van der Waals surface area contributed by atoms with Crippen molar-refractivity contribution in [2.45, 2.75) is 12.3 Å². The van der Waals surface area contributed by atoms with Gasteiger partial charge in [0, 0.05) is 18.7 Å². The molecule has 1 saturated heterocycles. The zero-order valence-electron chi connectivity index (χ0n) is 9.29. The average Bonchev–Trinajstić information content (AvgIpc) is 2.31. The quantitative estimate of drug-likeness (QED) is 0.676. The van der Waals surface area contributed by atoms with Crippen LogP contribution < -0.4 is 5.32 Å². The minimum Gasteiger partial charge on any atom is -0.508 e. The number of rotatable bonds is 1. The first kappa shape index (κ1) is 13.0. The molecule has 0 bridgehead atoms. The maximum Gasteiger partial charge on any atom is 0.420 e. The van der Waals surface area contributed by atoms with E-state index in [9.17, 15) is 23.4 Å². The molecule has 0 saturated carbocycles. The highest BCUT2D eigenvalue weighted by atomic mass is 19.4. The Labute approximate surface area is 101 Å². The molecule has 0 amide bonds. The molecule has 2 rings (SSSR count). The molecule has 1 aliphatic heterocycles. The van der Waals surface area contributed by atoms with Gasteiger partial charge in [-0.05, 0) is 12.1 Å². The molecular weight excluding hydrogens is 251 g/mol. The SMILES string of the molecule is Oc1cc(C2CNCCO2)c(O)c(C(F)(F)F)c1. The van der Waals surface area contributed by atoms with Crippen molar-refractivity contribution in [3.63, 3.8) is 0 Å². The van der Waals surface area contributed by atoms with Gasteiger partial charge in [-0.3, -0.25) is 0 Å². The molecule has 0 spiro atoms. The van der Waals surface area contributed by atoms with E-state index in [0.29, 0.717) is 19.2 Å². The number of morpholine rings is 1. The molecule has 1 unspecified atom stereocenters. The predicted molar refractivity (Wildman–Crippen MR) is 56.3 cm³/mol. The first-order chi connectivity index (χ1) is 8.39. The number of hydrogen-bond acceptors (Lipinski definition) is 4. The lowest BCUT2D eigenvalue weighted by atomic mass is 10.0. The molecule has 0 radical (unpaired) electrons. The van der Waals surface area contributed by atoms with Crippen LogP contribution in [0.1, 0.15) is 17.2 Å². The van der Waals surface area contributed by atoms with Gasteiger partial charge in [0.25, 0.3) is 0 Å². The Bertz CT molecular complexity index is 442. The Morgan fingerprint density at radius 2 is 2.00 bits per heavy atom. The van der Waals surface area contributed by atoms with Crippen molar-refractivity contribution in [3.05, 3.63) is 23.3 Å². The summed E-state index contributed by atoms with van der Waals surface area (Å²) >= 11 is 0. The van der Waals surface area contributed by atoms with Crippen molar-refractivity contribution in [2.75, 3.05) is 19.7 Å². The van der Waals surface area contributed by atoms with Crippen LogP contribution in [-0.4, -0.2) is 29.9 Å². The van der Waals surface area contributed by atoms with E-state index in [1.165, 1.54) is 0 Å². The number of alkyl halides is 3. The third-order valence-corrected chi connectivity index (χ3v) is 2.70. The molecule has 0 aliphatic carbocycles. The second-order valence-corrected chi connectivity index (χ2v) is 3.99. The summed E-state index contributed by atoms with van der Waals surface area (Å²) < 4.78 is 43.2. The van der Waals surface area contributed by atoms with Gasteiger partial charge in [-0.2, -0.15) is 13.2 Å². The fourth-order valence-corrected chi connectivity index (χ4v) is 1.87. The molecule has 1 heterocycles. The zero-order chi connectivity index (χ0) is 13.3. The van der Waals surface area contributed by atoms with E-state index in [1.54, 1.807) is 0 Å². The molecule has 18 heavy (non-hydrogen) atoms. The average molecular weight is 263 g/mol. The highest BCUT2D eigenvalue weighted by Gasteiger charge is 2.36. The van der Waals surface area contributed by atoms with Crippen LogP contribution in [0.5, 0.6) is 11.5 Å². The van der Waals surface area contributed by atoms with Gasteiger partial charge in [0.05, 0.1) is 12.7 Å². The second-order valence-electron chi connectivity index (χ2n) is 3.99. The highest BCUT2D eigenvalue weighted by Crippen LogP contribution is 2.42. The topological polar surface area (TPSA) is 61.7 Å². The van der Waals surface area contributed by atoms with Gasteiger partial charge in [-0.15, -0.1) is 0 Å². The number of phenols is 2. The van der Waals surface area contributed by atoms with Crippen LogP contribution in [0, 0.1) is 0 Å². The van der Waals surface area contributed by atoms with Gasteiger partial charge >= 0.3 is 6.18 Å². The number of aromatic hydroxyl groups is 2. The summed E-state index contributed by atoms with van der Waals surface area (Å²) in [6.45, 7) is 1.22. The summed E-state index contributed by atoms with van der Waals surface area (Å²) in [6.07, 6.45) is -5.42. The Balaban J connectivity index is 2.44. The number of halogens is 3. The molecule has 3 N–H and O–H groups in total. The molecule has 7 heteroatoms. The summed E-state index contributed by atoms with van der Waals surface area (Å²) in [5.74, 6) is -1.45. The van der Waals surface area contributed by atoms with Gasteiger partial charge in [0.15, 0.2) is 0 Å². The van der Waals surface area contributed by atoms with Crippen LogP contribution in [0.2, 0.25) is 0 Å². The van der Waals surface area contributed by atoms with Gasteiger partial charge in [-0.1, -0.05) is 0 Å². The van der Waals surface area contributed by atoms with Gasteiger partial charge in [0.1, 0.15) is 17.1 Å². The molecule has 1 aromatic carbocycles. The van der Waals surface area contributed by atoms with Crippen molar-refractivity contribution in [2.24, 2.45) is 0 Å². The van der Waals surface area contributed by atoms with E-state index in [-0.39, 0.29) is 12.1 Å². The van der Waals surface area contributed by atoms with Crippen LogP contribution >= 0.6 is 0 Å². The number of hydrogen-bond donors (Lipinski definition) is 3. The van der Waals surface area contributed by atoms with E-state index in [2.05, 4.69) is 5.32 Å². The summed E-state index contributed by atoms with van der Waals surface area (Å²) in [5, 5.41) is 21.9. The molecular formula is C11H12F3NO3. The van der Waals surface area contributed by atoms with E-state index >= 15 is 0 Å². The van der Waals surface area contributed by atoms with Gasteiger partial charge in [0.2, 0.25) is 0 Å². The molecule has 1 atom stereocenters. The Morgan fingerprint density at radius 1 is 1.28 bits per heavy atom. The van der Waals surface area contributed by atoms with Gasteiger partial charge in [-0.25, -0.2) is 0 Å². The van der Waals surface area contributed by atoms with E-state index < -0.39 is 29.3 Å². The summed E-state index contributed by atoms with van der Waals surface area (Å²) in [6, 6.07) is 1.58. The Kier molecular flexibility index (Phi) is 3.36. The monoisotopic (exact) mass is 263 g/mol. The van der Waals surface area contributed by atoms with Gasteiger partial charge < -0.3 is 20.3 Å². The molecule has 4 nitrogen and oxygen atoms in total. The van der Waals surface area contributed by atoms with Crippen LogP contribution in [0.25, 0.3) is 0 Å². The lowest BCUT2D eigenvalue weighted by Crippen LogP contribution is -2.33. The maximum absolute atomic E-state index is 12.6. The molecule has 100 valence electrons. The largest absolute Gasteiger partial charge is 0.508 e. The fraction of sp³-hybridized carbons (Fsp3) is 0.455.